The Balaban J connectivity index is 2.55. The van der Waals surface area contributed by atoms with E-state index in [-0.39, 0.29) is 11.4 Å². The summed E-state index contributed by atoms with van der Waals surface area (Å²) in [6, 6.07) is 2.79. The van der Waals surface area contributed by atoms with Gasteiger partial charge in [-0.2, -0.15) is 0 Å². The summed E-state index contributed by atoms with van der Waals surface area (Å²) in [5.74, 6) is 0.138. The average Bonchev–Trinajstić information content (AvgIpc) is 2.18. The van der Waals surface area contributed by atoms with Crippen LogP contribution in [0.5, 0.6) is 0 Å². The molecule has 70 valence electrons. The number of hydrogen-bond acceptors (Lipinski definition) is 4. The molecule has 0 bridgehead atoms. The molecule has 0 unspecified atom stereocenters. The van der Waals surface area contributed by atoms with E-state index in [1.807, 2.05) is 0 Å². The van der Waals surface area contributed by atoms with E-state index in [1.54, 1.807) is 0 Å². The molecule has 5 heteroatoms. The zero-order valence-electron chi connectivity index (χ0n) is 7.18. The summed E-state index contributed by atoms with van der Waals surface area (Å²) in [5, 5.41) is 0. The highest BCUT2D eigenvalue weighted by atomic mass is 19.1. The minimum absolute atomic E-state index is 0.246. The first-order valence-electron chi connectivity index (χ1n) is 3.96. The fourth-order valence-electron chi connectivity index (χ4n) is 1.04. The number of nitrogen functional groups attached to an aromatic ring is 1. The van der Waals surface area contributed by atoms with Crippen molar-refractivity contribution < 1.29 is 4.39 Å². The Morgan fingerprint density at radius 1 is 1.21 bits per heavy atom. The van der Waals surface area contributed by atoms with E-state index in [0.717, 1.165) is 0 Å². The zero-order valence-corrected chi connectivity index (χ0v) is 7.18. The SMILES string of the molecule is Nc1ccnc(-c2cnccc2F)n1. The van der Waals surface area contributed by atoms with E-state index in [4.69, 9.17) is 5.73 Å². The molecule has 14 heavy (non-hydrogen) atoms. The van der Waals surface area contributed by atoms with Gasteiger partial charge in [-0.25, -0.2) is 14.4 Å². The minimum Gasteiger partial charge on any atom is -0.384 e. The van der Waals surface area contributed by atoms with Crippen LogP contribution in [0.4, 0.5) is 10.2 Å². The molecule has 2 aromatic rings. The lowest BCUT2D eigenvalue weighted by Crippen LogP contribution is -1.96. The standard InChI is InChI=1S/C9H7FN4/c10-7-1-3-12-5-6(7)9-13-4-2-8(11)14-9/h1-5H,(H2,11,13,14). The number of rotatable bonds is 1. The van der Waals surface area contributed by atoms with Crippen molar-refractivity contribution in [1.82, 2.24) is 15.0 Å². The van der Waals surface area contributed by atoms with Gasteiger partial charge in [0.05, 0.1) is 5.56 Å². The Kier molecular flexibility index (Phi) is 2.06. The normalized spacial score (nSPS) is 10.1. The molecular formula is C9H7FN4. The lowest BCUT2D eigenvalue weighted by molar-refractivity contribution is 0.628. The Morgan fingerprint density at radius 3 is 2.79 bits per heavy atom. The van der Waals surface area contributed by atoms with E-state index < -0.39 is 5.82 Å². The number of nitrogens with zero attached hydrogens (tertiary/aromatic N) is 3. The van der Waals surface area contributed by atoms with Crippen LogP contribution < -0.4 is 5.73 Å². The lowest BCUT2D eigenvalue weighted by Gasteiger charge is -2.00. The van der Waals surface area contributed by atoms with Crippen LogP contribution in [0.3, 0.4) is 0 Å². The van der Waals surface area contributed by atoms with Crippen molar-refractivity contribution in [3.05, 3.63) is 36.5 Å². The van der Waals surface area contributed by atoms with Crippen LogP contribution in [-0.2, 0) is 0 Å². The van der Waals surface area contributed by atoms with E-state index in [1.165, 1.54) is 30.7 Å². The number of halogens is 1. The molecule has 2 heterocycles. The summed E-state index contributed by atoms with van der Waals surface area (Å²) in [6.45, 7) is 0. The van der Waals surface area contributed by atoms with Gasteiger partial charge in [0, 0.05) is 18.6 Å². The summed E-state index contributed by atoms with van der Waals surface area (Å²) in [4.78, 5) is 11.6. The van der Waals surface area contributed by atoms with Crippen LogP contribution >= 0.6 is 0 Å². The zero-order chi connectivity index (χ0) is 9.97. The number of hydrogen-bond donors (Lipinski definition) is 1. The third-order valence-corrected chi connectivity index (χ3v) is 1.69. The molecular weight excluding hydrogens is 183 g/mol. The van der Waals surface area contributed by atoms with Gasteiger partial charge in [-0.05, 0) is 12.1 Å². The van der Waals surface area contributed by atoms with Gasteiger partial charge >= 0.3 is 0 Å². The van der Waals surface area contributed by atoms with Crippen LogP contribution in [0, 0.1) is 5.82 Å². The first-order chi connectivity index (χ1) is 6.77. The summed E-state index contributed by atoms with van der Waals surface area (Å²) in [7, 11) is 0. The first kappa shape index (κ1) is 8.55. The largest absolute Gasteiger partial charge is 0.384 e. The molecule has 0 saturated carbocycles. The number of aromatic nitrogens is 3. The van der Waals surface area contributed by atoms with Crippen molar-refractivity contribution in [2.45, 2.75) is 0 Å². The van der Waals surface area contributed by atoms with Gasteiger partial charge in [0.1, 0.15) is 11.6 Å². The Morgan fingerprint density at radius 2 is 2.07 bits per heavy atom. The first-order valence-corrected chi connectivity index (χ1v) is 3.96. The van der Waals surface area contributed by atoms with Gasteiger partial charge in [-0.1, -0.05) is 0 Å². The third-order valence-electron chi connectivity index (χ3n) is 1.69. The van der Waals surface area contributed by atoms with E-state index >= 15 is 0 Å². The number of nitrogens with two attached hydrogens (primary N) is 1. The van der Waals surface area contributed by atoms with Crippen LogP contribution in [0.1, 0.15) is 0 Å². The molecule has 0 radical (unpaired) electrons. The molecule has 2 rings (SSSR count). The fourth-order valence-corrected chi connectivity index (χ4v) is 1.04. The van der Waals surface area contributed by atoms with E-state index in [2.05, 4.69) is 15.0 Å². The smallest absolute Gasteiger partial charge is 0.166 e. The molecule has 0 spiro atoms. The fraction of sp³-hybridized carbons (Fsp3) is 0. The monoisotopic (exact) mass is 190 g/mol. The quantitative estimate of drug-likeness (QED) is 0.735. The summed E-state index contributed by atoms with van der Waals surface area (Å²) < 4.78 is 13.2. The topological polar surface area (TPSA) is 64.7 Å². The van der Waals surface area contributed by atoms with Gasteiger partial charge in [-0.15, -0.1) is 0 Å². The Bertz CT molecular complexity index is 458. The van der Waals surface area contributed by atoms with E-state index in [0.29, 0.717) is 5.82 Å². The number of pyridine rings is 1. The second kappa shape index (κ2) is 3.37. The highest BCUT2D eigenvalue weighted by molar-refractivity contribution is 5.55. The predicted molar refractivity (Wildman–Crippen MR) is 49.6 cm³/mol. The van der Waals surface area contributed by atoms with Crippen molar-refractivity contribution in [3.63, 3.8) is 0 Å². The number of anilines is 1. The molecule has 0 aliphatic rings. The molecule has 2 N–H and O–H groups in total. The molecule has 0 atom stereocenters. The second-order valence-electron chi connectivity index (χ2n) is 2.66. The van der Waals surface area contributed by atoms with Gasteiger partial charge < -0.3 is 5.73 Å². The Hall–Kier alpha value is -2.04. The molecule has 0 aromatic carbocycles. The molecule has 4 nitrogen and oxygen atoms in total. The van der Waals surface area contributed by atoms with E-state index in [9.17, 15) is 4.39 Å². The highest BCUT2D eigenvalue weighted by Gasteiger charge is 2.06. The van der Waals surface area contributed by atoms with Crippen molar-refractivity contribution in [3.8, 4) is 11.4 Å². The van der Waals surface area contributed by atoms with Gasteiger partial charge in [-0.3, -0.25) is 4.98 Å². The van der Waals surface area contributed by atoms with Crippen LogP contribution in [0.15, 0.2) is 30.7 Å². The van der Waals surface area contributed by atoms with Gasteiger partial charge in [0.25, 0.3) is 0 Å². The summed E-state index contributed by atoms with van der Waals surface area (Å²) >= 11 is 0. The predicted octanol–water partition coefficient (Wildman–Crippen LogP) is 1.26. The summed E-state index contributed by atoms with van der Waals surface area (Å²) in [5.41, 5.74) is 5.70. The van der Waals surface area contributed by atoms with Gasteiger partial charge in [0.2, 0.25) is 0 Å². The van der Waals surface area contributed by atoms with Crippen molar-refractivity contribution in [1.29, 1.82) is 0 Å². The summed E-state index contributed by atoms with van der Waals surface area (Å²) in [6.07, 6.45) is 4.21. The molecule has 0 fully saturated rings. The van der Waals surface area contributed by atoms with Crippen LogP contribution in [-0.4, -0.2) is 15.0 Å². The molecule has 0 aliphatic carbocycles. The highest BCUT2D eigenvalue weighted by Crippen LogP contribution is 2.17. The average molecular weight is 190 g/mol. The minimum atomic E-state index is -0.411. The maximum Gasteiger partial charge on any atom is 0.166 e. The van der Waals surface area contributed by atoms with Crippen molar-refractivity contribution in [2.24, 2.45) is 0 Å². The van der Waals surface area contributed by atoms with Crippen LogP contribution in [0.2, 0.25) is 0 Å². The van der Waals surface area contributed by atoms with Crippen molar-refractivity contribution >= 4 is 5.82 Å². The lowest BCUT2D eigenvalue weighted by atomic mass is 10.2. The molecule has 0 amide bonds. The third kappa shape index (κ3) is 1.52. The van der Waals surface area contributed by atoms with Crippen LogP contribution in [0.25, 0.3) is 11.4 Å². The molecule has 2 aromatic heterocycles. The Labute approximate surface area is 79.7 Å². The maximum atomic E-state index is 13.2. The molecule has 0 saturated heterocycles. The van der Waals surface area contributed by atoms with Crippen molar-refractivity contribution in [2.75, 3.05) is 5.73 Å². The van der Waals surface area contributed by atoms with Gasteiger partial charge in [0.15, 0.2) is 5.82 Å². The molecule has 0 aliphatic heterocycles. The maximum absolute atomic E-state index is 13.2. The second-order valence-corrected chi connectivity index (χ2v) is 2.66.